The molecular weight excluding hydrogens is 178 g/mol. The Morgan fingerprint density at radius 1 is 1.15 bits per heavy atom. The number of fused-ring (bicyclic) bond motifs is 1. The first-order valence-electron chi connectivity index (χ1n) is 3.35. The fraction of sp³-hybridized carbons (Fsp3) is 0. The van der Waals surface area contributed by atoms with Gasteiger partial charge in [-0.05, 0) is 6.07 Å². The smallest absolute Gasteiger partial charge is 0.354 e. The Hall–Kier alpha value is -2.11. The van der Waals surface area contributed by atoms with Crippen LogP contribution in [0.3, 0.4) is 0 Å². The molecule has 0 saturated carbocycles. The molecule has 0 fully saturated rings. The molecule has 0 unspecified atom stereocenters. The molecule has 0 bridgehead atoms. The van der Waals surface area contributed by atoms with Gasteiger partial charge in [0.15, 0.2) is 5.52 Å². The standard InChI is InChI=1S/C7H3NO5/c9-5-3-1-2-4-6(10)12-7(11)13-8(4)5/h1-3H. The van der Waals surface area contributed by atoms with Crippen LogP contribution in [0.15, 0.2) is 41.5 Å². The first kappa shape index (κ1) is 7.53. The molecular formula is C7H3NO5. The zero-order chi connectivity index (χ0) is 9.42. The third kappa shape index (κ3) is 1.08. The Morgan fingerprint density at radius 2 is 1.92 bits per heavy atom. The van der Waals surface area contributed by atoms with E-state index in [0.717, 1.165) is 6.07 Å². The van der Waals surface area contributed by atoms with Crippen molar-refractivity contribution in [3.8, 4) is 0 Å². The third-order valence-corrected chi connectivity index (χ3v) is 1.46. The van der Waals surface area contributed by atoms with Crippen molar-refractivity contribution in [3.63, 3.8) is 0 Å². The number of hydrogen-bond acceptors (Lipinski definition) is 5. The molecule has 66 valence electrons. The van der Waals surface area contributed by atoms with Crippen molar-refractivity contribution in [3.05, 3.63) is 49.6 Å². The molecule has 0 atom stereocenters. The highest BCUT2D eigenvalue weighted by atomic mass is 16.6. The normalized spacial score (nSPS) is 10.5. The van der Waals surface area contributed by atoms with Crippen LogP contribution < -0.4 is 17.0 Å². The molecule has 0 aromatic carbocycles. The molecule has 2 heterocycles. The van der Waals surface area contributed by atoms with Crippen LogP contribution in [-0.4, -0.2) is 4.57 Å². The zero-order valence-electron chi connectivity index (χ0n) is 6.22. The van der Waals surface area contributed by atoms with Crippen molar-refractivity contribution in [2.75, 3.05) is 0 Å². The summed E-state index contributed by atoms with van der Waals surface area (Å²) in [5, 5.41) is 0. The number of hydrogen-bond donors (Lipinski definition) is 0. The summed E-state index contributed by atoms with van der Waals surface area (Å²) in [5.41, 5.74) is -1.59. The lowest BCUT2D eigenvalue weighted by atomic mass is 10.4. The van der Waals surface area contributed by atoms with E-state index < -0.39 is 17.0 Å². The van der Waals surface area contributed by atoms with Gasteiger partial charge in [0.1, 0.15) is 0 Å². The van der Waals surface area contributed by atoms with Crippen molar-refractivity contribution < 1.29 is 8.94 Å². The minimum atomic E-state index is -1.20. The zero-order valence-corrected chi connectivity index (χ0v) is 6.22. The van der Waals surface area contributed by atoms with E-state index in [1.54, 1.807) is 0 Å². The molecule has 0 N–H and O–H groups in total. The van der Waals surface area contributed by atoms with Gasteiger partial charge in [0, 0.05) is 6.07 Å². The Balaban J connectivity index is 3.22. The highest BCUT2D eigenvalue weighted by molar-refractivity contribution is 5.40. The van der Waals surface area contributed by atoms with Crippen LogP contribution in [0.4, 0.5) is 0 Å². The van der Waals surface area contributed by atoms with Crippen molar-refractivity contribution in [1.29, 1.82) is 0 Å². The molecule has 2 rings (SSSR count). The summed E-state index contributed by atoms with van der Waals surface area (Å²) >= 11 is 0. The Labute approximate surface area is 69.6 Å². The van der Waals surface area contributed by atoms with Crippen LogP contribution in [0.5, 0.6) is 0 Å². The third-order valence-electron chi connectivity index (χ3n) is 1.46. The largest absolute Gasteiger partial charge is 0.542 e. The van der Waals surface area contributed by atoms with Gasteiger partial charge in [0.2, 0.25) is 0 Å². The van der Waals surface area contributed by atoms with Crippen LogP contribution in [0.25, 0.3) is 5.52 Å². The second-order valence-corrected chi connectivity index (χ2v) is 2.27. The molecule has 0 aliphatic rings. The Bertz CT molecular complexity index is 617. The van der Waals surface area contributed by atoms with Crippen LogP contribution in [-0.2, 0) is 0 Å². The molecule has 0 radical (unpaired) electrons. The van der Waals surface area contributed by atoms with Gasteiger partial charge in [-0.2, -0.15) is 0 Å². The number of nitrogens with zero attached hydrogens (tertiary/aromatic N) is 1. The van der Waals surface area contributed by atoms with Crippen molar-refractivity contribution in [1.82, 2.24) is 4.57 Å². The van der Waals surface area contributed by atoms with Gasteiger partial charge < -0.3 is 4.42 Å². The van der Waals surface area contributed by atoms with E-state index in [-0.39, 0.29) is 5.52 Å². The first-order valence-corrected chi connectivity index (χ1v) is 3.35. The minimum absolute atomic E-state index is 0.105. The topological polar surface area (TPSA) is 81.9 Å². The number of pyridine rings is 1. The SMILES string of the molecule is O=c1oc(=O)c2cccc(=O)n2o1. The molecule has 6 heteroatoms. The fourth-order valence-corrected chi connectivity index (χ4v) is 0.942. The van der Waals surface area contributed by atoms with E-state index >= 15 is 0 Å². The molecule has 0 saturated heterocycles. The second-order valence-electron chi connectivity index (χ2n) is 2.27. The van der Waals surface area contributed by atoms with Gasteiger partial charge >= 0.3 is 11.4 Å². The highest BCUT2D eigenvalue weighted by Gasteiger charge is 2.03. The summed E-state index contributed by atoms with van der Waals surface area (Å²) < 4.78 is 9.05. The summed E-state index contributed by atoms with van der Waals surface area (Å²) in [4.78, 5) is 32.6. The number of rotatable bonds is 0. The predicted molar refractivity (Wildman–Crippen MR) is 40.7 cm³/mol. The molecule has 2 aromatic rings. The molecule has 0 aliphatic heterocycles. The fourth-order valence-electron chi connectivity index (χ4n) is 0.942. The highest BCUT2D eigenvalue weighted by Crippen LogP contribution is 1.87. The van der Waals surface area contributed by atoms with E-state index in [9.17, 15) is 14.4 Å². The van der Waals surface area contributed by atoms with E-state index in [0.29, 0.717) is 4.57 Å². The average molecular weight is 181 g/mol. The quantitative estimate of drug-likeness (QED) is 0.531. The van der Waals surface area contributed by atoms with Crippen molar-refractivity contribution >= 4 is 5.52 Å². The molecule has 6 nitrogen and oxygen atoms in total. The van der Waals surface area contributed by atoms with Gasteiger partial charge in [0.25, 0.3) is 5.56 Å². The summed E-state index contributed by atoms with van der Waals surface area (Å²) in [6.45, 7) is 0. The van der Waals surface area contributed by atoms with Gasteiger partial charge in [-0.15, -0.1) is 4.57 Å². The maximum Gasteiger partial charge on any atom is 0.542 e. The van der Waals surface area contributed by atoms with Crippen molar-refractivity contribution in [2.24, 2.45) is 0 Å². The summed E-state index contributed by atoms with van der Waals surface area (Å²) in [5.74, 6) is -1.20. The Morgan fingerprint density at radius 3 is 2.69 bits per heavy atom. The summed E-state index contributed by atoms with van der Waals surface area (Å²) in [6.07, 6.45) is 0. The van der Waals surface area contributed by atoms with Crippen molar-refractivity contribution in [2.45, 2.75) is 0 Å². The molecule has 13 heavy (non-hydrogen) atoms. The first-order chi connectivity index (χ1) is 6.18. The monoisotopic (exact) mass is 181 g/mol. The molecule has 0 amide bonds. The maximum absolute atomic E-state index is 11.0. The van der Waals surface area contributed by atoms with E-state index in [2.05, 4.69) is 8.94 Å². The average Bonchev–Trinajstić information content (AvgIpc) is 2.07. The van der Waals surface area contributed by atoms with Crippen LogP contribution in [0, 0.1) is 0 Å². The van der Waals surface area contributed by atoms with Gasteiger partial charge in [0.05, 0.1) is 0 Å². The van der Waals surface area contributed by atoms with E-state index in [4.69, 9.17) is 0 Å². The molecule has 0 aliphatic carbocycles. The van der Waals surface area contributed by atoms with E-state index in [1.807, 2.05) is 0 Å². The predicted octanol–water partition coefficient (Wildman–Crippen LogP) is -0.794. The van der Waals surface area contributed by atoms with Crippen LogP contribution >= 0.6 is 0 Å². The minimum Gasteiger partial charge on any atom is -0.354 e. The molecule has 0 spiro atoms. The van der Waals surface area contributed by atoms with Crippen LogP contribution in [0.1, 0.15) is 0 Å². The lowest BCUT2D eigenvalue weighted by molar-refractivity contribution is 0.210. The second kappa shape index (κ2) is 2.44. The summed E-state index contributed by atoms with van der Waals surface area (Å²) in [6, 6.07) is 3.85. The number of aromatic nitrogens is 1. The lowest BCUT2D eigenvalue weighted by Gasteiger charge is -1.92. The molecule has 2 aromatic heterocycles. The van der Waals surface area contributed by atoms with Gasteiger partial charge in [-0.1, -0.05) is 6.07 Å². The van der Waals surface area contributed by atoms with Gasteiger partial charge in [-0.25, -0.2) is 9.59 Å². The van der Waals surface area contributed by atoms with Gasteiger partial charge in [-0.3, -0.25) is 9.32 Å². The lowest BCUT2D eigenvalue weighted by Crippen LogP contribution is -2.22. The summed E-state index contributed by atoms with van der Waals surface area (Å²) in [7, 11) is 0. The Kier molecular flexibility index (Phi) is 1.42. The van der Waals surface area contributed by atoms with Crippen LogP contribution in [0.2, 0.25) is 0 Å². The maximum atomic E-state index is 11.0. The van der Waals surface area contributed by atoms with E-state index in [1.165, 1.54) is 12.1 Å².